The van der Waals surface area contributed by atoms with Crippen LogP contribution in [0.1, 0.15) is 27.0 Å². The largest absolute Gasteiger partial charge is 0.271 e. The highest BCUT2D eigenvalue weighted by Crippen LogP contribution is 2.16. The minimum atomic E-state index is -0.282. The Kier molecular flexibility index (Phi) is 4.53. The molecule has 0 saturated heterocycles. The number of carbonyl (C=O) groups excluding carboxylic acids is 1. The number of benzene rings is 2. The van der Waals surface area contributed by atoms with E-state index in [1.807, 2.05) is 38.1 Å². The number of hydrogen-bond donors (Lipinski definition) is 1. The Morgan fingerprint density at radius 2 is 1.85 bits per heavy atom. The van der Waals surface area contributed by atoms with Crippen molar-refractivity contribution in [2.75, 3.05) is 0 Å². The summed E-state index contributed by atoms with van der Waals surface area (Å²) in [6.07, 6.45) is 1.60. The van der Waals surface area contributed by atoms with Gasteiger partial charge in [0.2, 0.25) is 0 Å². The van der Waals surface area contributed by atoms with Crippen LogP contribution in [0.5, 0.6) is 0 Å². The number of rotatable bonds is 3. The molecule has 102 valence electrons. The summed E-state index contributed by atoms with van der Waals surface area (Å²) in [4.78, 5) is 11.9. The third kappa shape index (κ3) is 3.68. The second-order valence-corrected chi connectivity index (χ2v) is 4.98. The van der Waals surface area contributed by atoms with E-state index in [1.54, 1.807) is 24.4 Å². The minimum Gasteiger partial charge on any atom is -0.267 e. The number of nitrogens with zero attached hydrogens (tertiary/aromatic N) is 1. The first kappa shape index (κ1) is 14.3. The molecule has 0 unspecified atom stereocenters. The van der Waals surface area contributed by atoms with Crippen molar-refractivity contribution in [3.63, 3.8) is 0 Å². The summed E-state index contributed by atoms with van der Waals surface area (Å²) < 4.78 is 0. The predicted octanol–water partition coefficient (Wildman–Crippen LogP) is 3.72. The van der Waals surface area contributed by atoms with Gasteiger partial charge in [-0.05, 0) is 37.1 Å². The molecule has 4 heteroatoms. The first-order valence-corrected chi connectivity index (χ1v) is 6.60. The van der Waals surface area contributed by atoms with Gasteiger partial charge in [0.05, 0.1) is 6.21 Å². The molecule has 1 amide bonds. The highest BCUT2D eigenvalue weighted by atomic mass is 35.5. The Labute approximate surface area is 123 Å². The molecule has 0 aliphatic carbocycles. The molecule has 0 aliphatic rings. The van der Waals surface area contributed by atoms with E-state index >= 15 is 0 Å². The van der Waals surface area contributed by atoms with Crippen molar-refractivity contribution in [1.29, 1.82) is 0 Å². The van der Waals surface area contributed by atoms with Gasteiger partial charge >= 0.3 is 0 Å². The molecule has 0 spiro atoms. The summed E-state index contributed by atoms with van der Waals surface area (Å²) >= 11 is 5.98. The number of nitrogens with one attached hydrogen (secondary N) is 1. The lowest BCUT2D eigenvalue weighted by molar-refractivity contribution is 0.0955. The van der Waals surface area contributed by atoms with Gasteiger partial charge in [0, 0.05) is 10.6 Å². The number of carbonyl (C=O) groups is 1. The van der Waals surface area contributed by atoms with Crippen molar-refractivity contribution in [1.82, 2.24) is 5.43 Å². The third-order valence-electron chi connectivity index (χ3n) is 2.89. The number of hydrazone groups is 1. The first-order chi connectivity index (χ1) is 9.56. The van der Waals surface area contributed by atoms with Crippen LogP contribution in [-0.4, -0.2) is 12.1 Å². The van der Waals surface area contributed by atoms with Gasteiger partial charge < -0.3 is 0 Å². The number of aryl methyl sites for hydroxylation is 2. The topological polar surface area (TPSA) is 41.5 Å². The molecule has 0 fully saturated rings. The Balaban J connectivity index is 2.01. The van der Waals surface area contributed by atoms with E-state index in [4.69, 9.17) is 11.6 Å². The molecule has 3 nitrogen and oxygen atoms in total. The van der Waals surface area contributed by atoms with Gasteiger partial charge in [0.25, 0.3) is 5.91 Å². The van der Waals surface area contributed by atoms with Crippen LogP contribution >= 0.6 is 11.6 Å². The maximum atomic E-state index is 11.9. The van der Waals surface area contributed by atoms with Crippen molar-refractivity contribution in [3.05, 3.63) is 69.7 Å². The first-order valence-electron chi connectivity index (χ1n) is 6.22. The van der Waals surface area contributed by atoms with E-state index in [0.717, 1.165) is 11.1 Å². The molecule has 0 aliphatic heterocycles. The molecule has 0 bridgehead atoms. The lowest BCUT2D eigenvalue weighted by Gasteiger charge is -2.02. The molecule has 2 aromatic carbocycles. The second-order valence-electron chi connectivity index (χ2n) is 4.57. The molecule has 2 rings (SSSR count). The smallest absolute Gasteiger partial charge is 0.267 e. The van der Waals surface area contributed by atoms with Gasteiger partial charge in [-0.25, -0.2) is 5.43 Å². The third-order valence-corrected chi connectivity index (χ3v) is 3.30. The van der Waals surface area contributed by atoms with E-state index in [2.05, 4.69) is 10.5 Å². The summed E-state index contributed by atoms with van der Waals surface area (Å²) in [5.41, 5.74) is 6.01. The zero-order valence-electron chi connectivity index (χ0n) is 11.4. The van der Waals surface area contributed by atoms with Crippen molar-refractivity contribution in [2.24, 2.45) is 5.10 Å². The molecule has 0 radical (unpaired) electrons. The van der Waals surface area contributed by atoms with Crippen LogP contribution < -0.4 is 5.43 Å². The summed E-state index contributed by atoms with van der Waals surface area (Å²) in [5, 5.41) is 4.50. The Bertz CT molecular complexity index is 648. The second kappa shape index (κ2) is 6.35. The van der Waals surface area contributed by atoms with Crippen LogP contribution in [0.15, 0.2) is 47.6 Å². The van der Waals surface area contributed by atoms with Crippen LogP contribution in [-0.2, 0) is 0 Å². The molecular weight excluding hydrogens is 272 g/mol. The minimum absolute atomic E-state index is 0.282. The van der Waals surface area contributed by atoms with E-state index < -0.39 is 0 Å². The molecular formula is C16H15ClN2O. The van der Waals surface area contributed by atoms with E-state index in [1.165, 1.54) is 5.56 Å². The summed E-state index contributed by atoms with van der Waals surface area (Å²) in [6, 6.07) is 13.0. The van der Waals surface area contributed by atoms with Gasteiger partial charge in [-0.2, -0.15) is 5.10 Å². The molecule has 0 saturated carbocycles. The fourth-order valence-corrected chi connectivity index (χ4v) is 1.80. The number of hydrogen-bond acceptors (Lipinski definition) is 2. The summed E-state index contributed by atoms with van der Waals surface area (Å²) in [6.45, 7) is 3.91. The van der Waals surface area contributed by atoms with Crippen molar-refractivity contribution >= 4 is 23.7 Å². The van der Waals surface area contributed by atoms with Crippen molar-refractivity contribution in [3.8, 4) is 0 Å². The Morgan fingerprint density at radius 1 is 1.15 bits per heavy atom. The van der Waals surface area contributed by atoms with Gasteiger partial charge in [0.15, 0.2) is 0 Å². The normalized spacial score (nSPS) is 10.8. The lowest BCUT2D eigenvalue weighted by atomic mass is 10.1. The number of amides is 1. The van der Waals surface area contributed by atoms with E-state index in [9.17, 15) is 4.79 Å². The fraction of sp³-hybridized carbons (Fsp3) is 0.125. The average Bonchev–Trinajstić information content (AvgIpc) is 2.44. The van der Waals surface area contributed by atoms with Gasteiger partial charge in [0.1, 0.15) is 0 Å². The van der Waals surface area contributed by atoms with Crippen LogP contribution in [0.2, 0.25) is 5.02 Å². The predicted molar refractivity (Wildman–Crippen MR) is 82.4 cm³/mol. The fourth-order valence-electron chi connectivity index (χ4n) is 1.62. The van der Waals surface area contributed by atoms with Crippen LogP contribution in [0.4, 0.5) is 0 Å². The molecule has 2 aromatic rings. The van der Waals surface area contributed by atoms with Gasteiger partial charge in [-0.3, -0.25) is 4.79 Å². The Hall–Kier alpha value is -2.13. The maximum Gasteiger partial charge on any atom is 0.271 e. The molecule has 1 N–H and O–H groups in total. The molecule has 0 heterocycles. The highest BCUT2D eigenvalue weighted by molar-refractivity contribution is 6.31. The Morgan fingerprint density at radius 3 is 2.50 bits per heavy atom. The van der Waals surface area contributed by atoms with E-state index in [-0.39, 0.29) is 5.91 Å². The van der Waals surface area contributed by atoms with Gasteiger partial charge in [-0.15, -0.1) is 0 Å². The molecule has 20 heavy (non-hydrogen) atoms. The highest BCUT2D eigenvalue weighted by Gasteiger charge is 2.05. The average molecular weight is 287 g/mol. The zero-order chi connectivity index (χ0) is 14.5. The number of halogens is 1. The standard InChI is InChI=1S/C16H15ClN2O/c1-11-3-6-13(7-4-11)10-18-19-16(20)14-8-5-12(2)15(17)9-14/h3-10H,1-2H3,(H,19,20)/b18-10-. The van der Waals surface area contributed by atoms with Crippen LogP contribution in [0.3, 0.4) is 0 Å². The zero-order valence-corrected chi connectivity index (χ0v) is 12.1. The van der Waals surface area contributed by atoms with E-state index in [0.29, 0.717) is 10.6 Å². The molecule has 0 aromatic heterocycles. The SMILES string of the molecule is Cc1ccc(/C=N\NC(=O)c2ccc(C)c(Cl)c2)cc1. The quantitative estimate of drug-likeness (QED) is 0.678. The van der Waals surface area contributed by atoms with Crippen molar-refractivity contribution < 1.29 is 4.79 Å². The van der Waals surface area contributed by atoms with Crippen LogP contribution in [0.25, 0.3) is 0 Å². The van der Waals surface area contributed by atoms with Gasteiger partial charge in [-0.1, -0.05) is 47.5 Å². The molecule has 0 atom stereocenters. The summed E-state index contributed by atoms with van der Waals surface area (Å²) in [5.74, 6) is -0.282. The monoisotopic (exact) mass is 286 g/mol. The maximum absolute atomic E-state index is 11.9. The summed E-state index contributed by atoms with van der Waals surface area (Å²) in [7, 11) is 0. The lowest BCUT2D eigenvalue weighted by Crippen LogP contribution is -2.17. The van der Waals surface area contributed by atoms with Crippen LogP contribution in [0, 0.1) is 13.8 Å². The van der Waals surface area contributed by atoms with Crippen molar-refractivity contribution in [2.45, 2.75) is 13.8 Å².